The van der Waals surface area contributed by atoms with E-state index in [-0.39, 0.29) is 0 Å². The monoisotopic (exact) mass is 183 g/mol. The molecular weight excluding hydrogens is 166 g/mol. The lowest BCUT2D eigenvalue weighted by molar-refractivity contribution is 0.479. The van der Waals surface area contributed by atoms with Crippen molar-refractivity contribution in [3.05, 3.63) is 0 Å². The van der Waals surface area contributed by atoms with Crippen molar-refractivity contribution in [2.75, 3.05) is 6.54 Å². The molecule has 0 radical (unpaired) electrons. The molecule has 0 saturated heterocycles. The highest BCUT2D eigenvalue weighted by Gasteiger charge is 2.70. The van der Waals surface area contributed by atoms with Crippen LogP contribution < -0.4 is 0 Å². The van der Waals surface area contributed by atoms with Crippen LogP contribution in [0.1, 0.15) is 34.1 Å². The van der Waals surface area contributed by atoms with Crippen LogP contribution in [0.25, 0.3) is 0 Å². The Morgan fingerprint density at radius 2 is 2.25 bits per heavy atom. The second-order valence-corrected chi connectivity index (χ2v) is 6.04. The van der Waals surface area contributed by atoms with Gasteiger partial charge >= 0.3 is 0 Å². The quantitative estimate of drug-likeness (QED) is 0.609. The largest absolute Gasteiger partial charge is 0.283 e. The van der Waals surface area contributed by atoms with Crippen LogP contribution in [-0.2, 0) is 0 Å². The third-order valence-electron chi connectivity index (χ3n) is 4.08. The highest BCUT2D eigenvalue weighted by atomic mass is 32.2. The molecule has 0 spiro atoms. The zero-order valence-corrected chi connectivity index (χ0v) is 9.16. The second kappa shape index (κ2) is 2.28. The molecular formula is C10H17NS. The van der Waals surface area contributed by atoms with Crippen LogP contribution in [0.4, 0.5) is 0 Å². The van der Waals surface area contributed by atoms with Gasteiger partial charge in [-0.05, 0) is 25.7 Å². The van der Waals surface area contributed by atoms with Crippen LogP contribution in [0.2, 0.25) is 0 Å². The number of hydrogen-bond acceptors (Lipinski definition) is 2. The molecule has 2 aliphatic rings. The third kappa shape index (κ3) is 0.795. The zero-order chi connectivity index (χ0) is 8.98. The van der Waals surface area contributed by atoms with Gasteiger partial charge in [0.15, 0.2) is 0 Å². The zero-order valence-electron chi connectivity index (χ0n) is 8.35. The molecule has 1 aliphatic carbocycles. The first kappa shape index (κ1) is 8.61. The summed E-state index contributed by atoms with van der Waals surface area (Å²) in [5.41, 5.74) is 0.554. The summed E-state index contributed by atoms with van der Waals surface area (Å²) in [4.78, 5) is 4.52. The van der Waals surface area contributed by atoms with Gasteiger partial charge in [0.1, 0.15) is 0 Å². The Bertz CT molecular complexity index is 248. The molecule has 0 aromatic heterocycles. The molecule has 3 atom stereocenters. The van der Waals surface area contributed by atoms with E-state index in [0.717, 1.165) is 12.5 Å². The summed E-state index contributed by atoms with van der Waals surface area (Å²) in [7, 11) is 0. The summed E-state index contributed by atoms with van der Waals surface area (Å²) in [5, 5.41) is 1.28. The number of hydrogen-bond donors (Lipinski definition) is 0. The summed E-state index contributed by atoms with van der Waals surface area (Å²) < 4.78 is 0.508. The van der Waals surface area contributed by atoms with Crippen molar-refractivity contribution >= 4 is 16.8 Å². The van der Waals surface area contributed by atoms with Gasteiger partial charge in [0.25, 0.3) is 0 Å². The van der Waals surface area contributed by atoms with Gasteiger partial charge < -0.3 is 0 Å². The SMILES string of the molecule is CCC1(C)C2CN=C(C)SC21C. The molecule has 3 unspecified atom stereocenters. The fourth-order valence-electron chi connectivity index (χ4n) is 2.67. The van der Waals surface area contributed by atoms with E-state index in [4.69, 9.17) is 0 Å². The Hall–Kier alpha value is 0.0200. The van der Waals surface area contributed by atoms with Crippen molar-refractivity contribution in [2.45, 2.75) is 38.9 Å². The van der Waals surface area contributed by atoms with Crippen LogP contribution in [0.5, 0.6) is 0 Å². The maximum atomic E-state index is 4.52. The lowest BCUT2D eigenvalue weighted by Crippen LogP contribution is -2.13. The smallest absolute Gasteiger partial charge is 0.0650 e. The first-order chi connectivity index (χ1) is 5.54. The first-order valence-corrected chi connectivity index (χ1v) is 5.56. The van der Waals surface area contributed by atoms with Gasteiger partial charge in [0.05, 0.1) is 5.04 Å². The van der Waals surface area contributed by atoms with Gasteiger partial charge in [-0.3, -0.25) is 4.99 Å². The number of aliphatic imine (C=N–C) groups is 1. The molecule has 68 valence electrons. The maximum Gasteiger partial charge on any atom is 0.0650 e. The summed E-state index contributed by atoms with van der Waals surface area (Å²) in [6.07, 6.45) is 1.30. The molecule has 1 heterocycles. The van der Waals surface area contributed by atoms with Crippen LogP contribution in [0.3, 0.4) is 0 Å². The molecule has 2 heteroatoms. The van der Waals surface area contributed by atoms with Crippen molar-refractivity contribution < 1.29 is 0 Å². The van der Waals surface area contributed by atoms with Crippen molar-refractivity contribution in [1.29, 1.82) is 0 Å². The van der Waals surface area contributed by atoms with E-state index in [1.807, 2.05) is 11.8 Å². The Morgan fingerprint density at radius 3 is 2.75 bits per heavy atom. The van der Waals surface area contributed by atoms with Crippen LogP contribution in [-0.4, -0.2) is 16.3 Å². The van der Waals surface area contributed by atoms with Gasteiger partial charge in [0, 0.05) is 17.2 Å². The molecule has 2 rings (SSSR count). The molecule has 1 aliphatic heterocycles. The molecule has 0 bridgehead atoms. The average molecular weight is 183 g/mol. The van der Waals surface area contributed by atoms with E-state index in [2.05, 4.69) is 32.7 Å². The van der Waals surface area contributed by atoms with Crippen LogP contribution in [0.15, 0.2) is 4.99 Å². The Balaban J connectivity index is 2.23. The molecule has 1 nitrogen and oxygen atoms in total. The van der Waals surface area contributed by atoms with Gasteiger partial charge in [-0.15, -0.1) is 11.8 Å². The number of rotatable bonds is 1. The minimum absolute atomic E-state index is 0.508. The van der Waals surface area contributed by atoms with E-state index in [1.54, 1.807) is 0 Å². The third-order valence-corrected chi connectivity index (χ3v) is 5.67. The summed E-state index contributed by atoms with van der Waals surface area (Å²) in [6, 6.07) is 0. The average Bonchev–Trinajstić information content (AvgIpc) is 2.49. The van der Waals surface area contributed by atoms with E-state index >= 15 is 0 Å². The molecule has 12 heavy (non-hydrogen) atoms. The van der Waals surface area contributed by atoms with Crippen LogP contribution >= 0.6 is 11.8 Å². The Kier molecular flexibility index (Phi) is 1.64. The summed E-state index contributed by atoms with van der Waals surface area (Å²) in [6.45, 7) is 10.3. The second-order valence-electron chi connectivity index (χ2n) is 4.39. The summed E-state index contributed by atoms with van der Waals surface area (Å²) in [5.74, 6) is 0.837. The van der Waals surface area contributed by atoms with Gasteiger partial charge in [0.2, 0.25) is 0 Å². The van der Waals surface area contributed by atoms with Crippen LogP contribution in [0, 0.1) is 11.3 Å². The van der Waals surface area contributed by atoms with Crippen molar-refractivity contribution in [2.24, 2.45) is 16.3 Å². The molecule has 0 aromatic rings. The molecule has 0 amide bonds. The number of thioether (sulfide) groups is 1. The van der Waals surface area contributed by atoms with Gasteiger partial charge in [-0.25, -0.2) is 0 Å². The highest BCUT2D eigenvalue weighted by Crippen LogP contribution is 2.72. The molecule has 0 aromatic carbocycles. The highest BCUT2D eigenvalue weighted by molar-refractivity contribution is 8.15. The normalized spacial score (nSPS) is 51.3. The molecule has 1 saturated carbocycles. The van der Waals surface area contributed by atoms with E-state index in [0.29, 0.717) is 10.2 Å². The predicted molar refractivity (Wildman–Crippen MR) is 55.9 cm³/mol. The maximum absolute atomic E-state index is 4.52. The van der Waals surface area contributed by atoms with Gasteiger partial charge in [-0.2, -0.15) is 0 Å². The standard InChI is InChI=1S/C10H17NS/c1-5-9(3)8-6-11-7(2)12-10(8,9)4/h8H,5-6H2,1-4H3. The summed E-state index contributed by atoms with van der Waals surface area (Å²) >= 11 is 2.00. The predicted octanol–water partition coefficient (Wildman–Crippen LogP) is 2.96. The molecule has 0 N–H and O–H groups in total. The minimum atomic E-state index is 0.508. The number of fused-ring (bicyclic) bond motifs is 1. The topological polar surface area (TPSA) is 12.4 Å². The number of nitrogens with zero attached hydrogens (tertiary/aromatic N) is 1. The van der Waals surface area contributed by atoms with Crippen molar-refractivity contribution in [3.63, 3.8) is 0 Å². The van der Waals surface area contributed by atoms with E-state index in [1.165, 1.54) is 11.5 Å². The van der Waals surface area contributed by atoms with Crippen molar-refractivity contribution in [3.8, 4) is 0 Å². The fraction of sp³-hybridized carbons (Fsp3) is 0.900. The van der Waals surface area contributed by atoms with Crippen molar-refractivity contribution in [1.82, 2.24) is 0 Å². The Morgan fingerprint density at radius 1 is 1.58 bits per heavy atom. The minimum Gasteiger partial charge on any atom is -0.283 e. The molecule has 1 fully saturated rings. The fourth-order valence-corrected chi connectivity index (χ4v) is 4.36. The van der Waals surface area contributed by atoms with E-state index < -0.39 is 0 Å². The van der Waals surface area contributed by atoms with E-state index in [9.17, 15) is 0 Å². The lowest BCUT2D eigenvalue weighted by Gasteiger charge is -2.17. The first-order valence-electron chi connectivity index (χ1n) is 4.74. The van der Waals surface area contributed by atoms with Gasteiger partial charge in [-0.1, -0.05) is 13.8 Å². The Labute approximate surface area is 79.0 Å². The lowest BCUT2D eigenvalue weighted by atomic mass is 10.0.